The van der Waals surface area contributed by atoms with Crippen LogP contribution >= 0.6 is 12.6 Å². The SMILES string of the molecule is SC1(c2ccccc2)NCCN1. The van der Waals surface area contributed by atoms with Crippen LogP contribution in [0.2, 0.25) is 0 Å². The Balaban J connectivity index is 2.29. The molecule has 12 heavy (non-hydrogen) atoms. The second kappa shape index (κ2) is 3.09. The van der Waals surface area contributed by atoms with Gasteiger partial charge in [0.15, 0.2) is 0 Å². The number of thiol groups is 1. The first-order chi connectivity index (χ1) is 5.81. The van der Waals surface area contributed by atoms with Gasteiger partial charge in [-0.05, 0) is 5.56 Å². The molecule has 0 unspecified atom stereocenters. The molecule has 0 spiro atoms. The molecule has 1 aliphatic heterocycles. The van der Waals surface area contributed by atoms with Crippen molar-refractivity contribution in [2.75, 3.05) is 13.1 Å². The van der Waals surface area contributed by atoms with Crippen molar-refractivity contribution in [1.82, 2.24) is 10.6 Å². The van der Waals surface area contributed by atoms with E-state index in [-0.39, 0.29) is 4.99 Å². The zero-order valence-electron chi connectivity index (χ0n) is 6.75. The van der Waals surface area contributed by atoms with Crippen LogP contribution in [0.15, 0.2) is 30.3 Å². The lowest BCUT2D eigenvalue weighted by atomic mass is 10.2. The number of nitrogens with one attached hydrogen (secondary N) is 2. The molecule has 2 nitrogen and oxygen atoms in total. The van der Waals surface area contributed by atoms with E-state index in [1.807, 2.05) is 18.2 Å². The molecule has 0 atom stereocenters. The van der Waals surface area contributed by atoms with Crippen LogP contribution < -0.4 is 10.6 Å². The molecule has 0 amide bonds. The van der Waals surface area contributed by atoms with E-state index in [2.05, 4.69) is 35.4 Å². The second-order valence-corrected chi connectivity index (χ2v) is 3.60. The summed E-state index contributed by atoms with van der Waals surface area (Å²) in [4.78, 5) is -0.318. The van der Waals surface area contributed by atoms with Crippen LogP contribution in [0.25, 0.3) is 0 Å². The van der Waals surface area contributed by atoms with Crippen molar-refractivity contribution in [2.24, 2.45) is 0 Å². The van der Waals surface area contributed by atoms with E-state index in [9.17, 15) is 0 Å². The highest BCUT2D eigenvalue weighted by atomic mass is 32.1. The Hall–Kier alpha value is -0.510. The van der Waals surface area contributed by atoms with E-state index in [0.29, 0.717) is 0 Å². The van der Waals surface area contributed by atoms with Crippen LogP contribution in [0.3, 0.4) is 0 Å². The monoisotopic (exact) mass is 180 g/mol. The van der Waals surface area contributed by atoms with E-state index in [0.717, 1.165) is 13.1 Å². The van der Waals surface area contributed by atoms with Gasteiger partial charge in [-0.25, -0.2) is 0 Å². The highest BCUT2D eigenvalue weighted by Gasteiger charge is 2.29. The Bertz CT molecular complexity index is 254. The van der Waals surface area contributed by atoms with Gasteiger partial charge in [-0.1, -0.05) is 30.3 Å². The molecule has 1 saturated heterocycles. The van der Waals surface area contributed by atoms with E-state index >= 15 is 0 Å². The Morgan fingerprint density at radius 1 is 1.08 bits per heavy atom. The predicted molar refractivity (Wildman–Crippen MR) is 53.1 cm³/mol. The average Bonchev–Trinajstić information content (AvgIpc) is 2.55. The summed E-state index contributed by atoms with van der Waals surface area (Å²) in [5, 5.41) is 6.60. The lowest BCUT2D eigenvalue weighted by Gasteiger charge is -2.23. The van der Waals surface area contributed by atoms with Crippen LogP contribution in [0, 0.1) is 0 Å². The molecule has 1 aromatic carbocycles. The Kier molecular flexibility index (Phi) is 2.09. The molecule has 0 radical (unpaired) electrons. The van der Waals surface area contributed by atoms with Crippen molar-refractivity contribution in [2.45, 2.75) is 4.99 Å². The molecule has 1 heterocycles. The zero-order valence-corrected chi connectivity index (χ0v) is 7.64. The number of benzene rings is 1. The Morgan fingerprint density at radius 2 is 1.67 bits per heavy atom. The summed E-state index contributed by atoms with van der Waals surface area (Å²) in [6.07, 6.45) is 0. The van der Waals surface area contributed by atoms with Crippen molar-refractivity contribution in [1.29, 1.82) is 0 Å². The fourth-order valence-corrected chi connectivity index (χ4v) is 1.81. The first kappa shape index (κ1) is 8.10. The van der Waals surface area contributed by atoms with Crippen molar-refractivity contribution in [3.8, 4) is 0 Å². The van der Waals surface area contributed by atoms with E-state index in [1.165, 1.54) is 5.56 Å². The first-order valence-corrected chi connectivity index (χ1v) is 4.54. The zero-order chi connectivity index (χ0) is 8.44. The lowest BCUT2D eigenvalue weighted by molar-refractivity contribution is 0.529. The maximum absolute atomic E-state index is 4.55. The van der Waals surface area contributed by atoms with Crippen LogP contribution in [-0.2, 0) is 4.99 Å². The highest BCUT2D eigenvalue weighted by Crippen LogP contribution is 2.23. The van der Waals surface area contributed by atoms with E-state index < -0.39 is 0 Å². The van der Waals surface area contributed by atoms with E-state index in [1.54, 1.807) is 0 Å². The van der Waals surface area contributed by atoms with Gasteiger partial charge in [-0.15, -0.1) is 12.6 Å². The largest absolute Gasteiger partial charge is 0.286 e. The summed E-state index contributed by atoms with van der Waals surface area (Å²) in [7, 11) is 0. The second-order valence-electron chi connectivity index (χ2n) is 2.93. The highest BCUT2D eigenvalue weighted by molar-refractivity contribution is 7.81. The van der Waals surface area contributed by atoms with Gasteiger partial charge in [-0.3, -0.25) is 10.6 Å². The number of hydrogen-bond donors (Lipinski definition) is 3. The molecule has 0 aliphatic carbocycles. The molecule has 1 fully saturated rings. The predicted octanol–water partition coefficient (Wildman–Crippen LogP) is 0.919. The molecular weight excluding hydrogens is 168 g/mol. The molecule has 64 valence electrons. The van der Waals surface area contributed by atoms with Gasteiger partial charge in [0, 0.05) is 13.1 Å². The smallest absolute Gasteiger partial charge is 0.141 e. The third kappa shape index (κ3) is 1.35. The van der Waals surface area contributed by atoms with E-state index in [4.69, 9.17) is 0 Å². The molecule has 2 N–H and O–H groups in total. The van der Waals surface area contributed by atoms with Crippen LogP contribution in [0.4, 0.5) is 0 Å². The third-order valence-corrected chi connectivity index (χ3v) is 2.65. The van der Waals surface area contributed by atoms with Gasteiger partial charge < -0.3 is 0 Å². The van der Waals surface area contributed by atoms with Gasteiger partial charge >= 0.3 is 0 Å². The minimum Gasteiger partial charge on any atom is -0.286 e. The average molecular weight is 180 g/mol. The fourth-order valence-electron chi connectivity index (χ4n) is 1.43. The van der Waals surface area contributed by atoms with Gasteiger partial charge in [0.05, 0.1) is 0 Å². The molecule has 2 rings (SSSR count). The summed E-state index contributed by atoms with van der Waals surface area (Å²) in [5.41, 5.74) is 1.17. The molecule has 3 heteroatoms. The summed E-state index contributed by atoms with van der Waals surface area (Å²) in [6, 6.07) is 10.2. The fraction of sp³-hybridized carbons (Fsp3) is 0.333. The Morgan fingerprint density at radius 3 is 2.25 bits per heavy atom. The summed E-state index contributed by atoms with van der Waals surface area (Å²) < 4.78 is 0. The molecule has 0 bridgehead atoms. The molecular formula is C9H12N2S. The van der Waals surface area contributed by atoms with Crippen LogP contribution in [0.1, 0.15) is 5.56 Å². The van der Waals surface area contributed by atoms with Crippen LogP contribution in [0.5, 0.6) is 0 Å². The number of hydrogen-bond acceptors (Lipinski definition) is 3. The molecule has 1 aromatic rings. The maximum Gasteiger partial charge on any atom is 0.141 e. The van der Waals surface area contributed by atoms with Gasteiger partial charge in [0.2, 0.25) is 0 Å². The van der Waals surface area contributed by atoms with Crippen molar-refractivity contribution >= 4 is 12.6 Å². The van der Waals surface area contributed by atoms with Crippen molar-refractivity contribution in [3.63, 3.8) is 0 Å². The molecule has 0 saturated carbocycles. The topological polar surface area (TPSA) is 24.1 Å². The minimum atomic E-state index is -0.318. The lowest BCUT2D eigenvalue weighted by Crippen LogP contribution is -2.40. The maximum atomic E-state index is 4.55. The van der Waals surface area contributed by atoms with Crippen LogP contribution in [-0.4, -0.2) is 13.1 Å². The van der Waals surface area contributed by atoms with Crippen molar-refractivity contribution < 1.29 is 0 Å². The number of rotatable bonds is 1. The van der Waals surface area contributed by atoms with Gasteiger partial charge in [0.25, 0.3) is 0 Å². The molecule has 0 aromatic heterocycles. The van der Waals surface area contributed by atoms with Crippen molar-refractivity contribution in [3.05, 3.63) is 35.9 Å². The third-order valence-electron chi connectivity index (χ3n) is 2.08. The van der Waals surface area contributed by atoms with Gasteiger partial charge in [0.1, 0.15) is 4.99 Å². The first-order valence-electron chi connectivity index (χ1n) is 4.09. The quantitative estimate of drug-likeness (QED) is 0.560. The standard InChI is InChI=1S/C9H12N2S/c12-9(10-6-7-11-9)8-4-2-1-3-5-8/h1-5,10-12H,6-7H2. The molecule has 1 aliphatic rings. The summed E-state index contributed by atoms with van der Waals surface area (Å²) in [6.45, 7) is 1.94. The minimum absolute atomic E-state index is 0.318. The Labute approximate surface area is 77.8 Å². The normalized spacial score (nSPS) is 21.1. The summed E-state index contributed by atoms with van der Waals surface area (Å²) in [5.74, 6) is 0. The van der Waals surface area contributed by atoms with Gasteiger partial charge in [-0.2, -0.15) is 0 Å². The summed E-state index contributed by atoms with van der Waals surface area (Å²) >= 11 is 4.55.